The van der Waals surface area contributed by atoms with Crippen molar-refractivity contribution in [3.05, 3.63) is 72.1 Å². The fraction of sp³-hybridized carbons (Fsp3) is 0.321. The van der Waals surface area contributed by atoms with Crippen LogP contribution in [0.2, 0.25) is 0 Å². The van der Waals surface area contributed by atoms with Crippen LogP contribution in [0.3, 0.4) is 0 Å². The third kappa shape index (κ3) is 4.77. The molecule has 2 aromatic carbocycles. The lowest BCUT2D eigenvalue weighted by atomic mass is 9.81. The molecule has 0 spiro atoms. The molecule has 1 aliphatic carbocycles. The van der Waals surface area contributed by atoms with Crippen molar-refractivity contribution in [3.63, 3.8) is 0 Å². The highest BCUT2D eigenvalue weighted by atomic mass is 32.2. The van der Waals surface area contributed by atoms with E-state index in [1.54, 1.807) is 10.7 Å². The minimum atomic E-state index is -3.76. The molecule has 4 aromatic rings. The van der Waals surface area contributed by atoms with Gasteiger partial charge >= 0.3 is 0 Å². The molecule has 38 heavy (non-hydrogen) atoms. The molecule has 1 N–H and O–H groups in total. The molecule has 0 unspecified atom stereocenters. The van der Waals surface area contributed by atoms with Gasteiger partial charge in [-0.25, -0.2) is 22.8 Å². The Hall–Kier alpha value is -3.76. The number of nitrogens with one attached hydrogen (secondary N) is 1. The molecule has 9 nitrogen and oxygen atoms in total. The summed E-state index contributed by atoms with van der Waals surface area (Å²) in [6.45, 7) is 3.08. The lowest BCUT2D eigenvalue weighted by Gasteiger charge is -2.29. The van der Waals surface area contributed by atoms with Crippen LogP contribution in [0.1, 0.15) is 41.4 Å². The maximum atomic E-state index is 13.0. The second kappa shape index (κ2) is 9.85. The standard InChI is InChI=1S/C28H29N5O4S/c1-38(35,36)31-28(34)24-18-23(19-10-12-21(13-11-19)32-14-16-37-17-15-32)25-26(20-6-5-7-20)30-33(27(25)29-24)22-8-3-2-4-9-22/h2-4,8-13,18,20H,5-7,14-17H2,1H3,(H,31,34). The van der Waals surface area contributed by atoms with Crippen molar-refractivity contribution in [2.75, 3.05) is 37.5 Å². The predicted octanol–water partition coefficient (Wildman–Crippen LogP) is 3.88. The summed E-state index contributed by atoms with van der Waals surface area (Å²) in [4.78, 5) is 20.0. The van der Waals surface area contributed by atoms with E-state index >= 15 is 0 Å². The molecule has 3 heterocycles. The molecule has 1 saturated carbocycles. The first-order chi connectivity index (χ1) is 18.4. The molecule has 2 fully saturated rings. The zero-order valence-electron chi connectivity index (χ0n) is 21.1. The van der Waals surface area contributed by atoms with Crippen molar-refractivity contribution >= 4 is 32.7 Å². The highest BCUT2D eigenvalue weighted by Gasteiger charge is 2.29. The van der Waals surface area contributed by atoms with Crippen LogP contribution < -0.4 is 9.62 Å². The third-order valence-electron chi connectivity index (χ3n) is 7.22. The van der Waals surface area contributed by atoms with Crippen LogP contribution in [0.15, 0.2) is 60.7 Å². The first-order valence-electron chi connectivity index (χ1n) is 12.8. The molecular formula is C28H29N5O4S. The first kappa shape index (κ1) is 24.6. The number of carbonyl (C=O) groups is 1. The average molecular weight is 532 g/mol. The number of pyridine rings is 1. The number of hydrogen-bond acceptors (Lipinski definition) is 7. The Morgan fingerprint density at radius 2 is 1.71 bits per heavy atom. The number of amides is 1. The van der Waals surface area contributed by atoms with E-state index in [-0.39, 0.29) is 5.69 Å². The minimum absolute atomic E-state index is 0.0208. The number of ether oxygens (including phenoxy) is 1. The number of benzene rings is 2. The van der Waals surface area contributed by atoms with E-state index in [0.717, 1.165) is 72.2 Å². The van der Waals surface area contributed by atoms with Crippen LogP contribution in [0.25, 0.3) is 27.8 Å². The van der Waals surface area contributed by atoms with Crippen LogP contribution in [-0.2, 0) is 14.8 Å². The third-order valence-corrected chi connectivity index (χ3v) is 7.78. The number of hydrogen-bond donors (Lipinski definition) is 1. The Bertz CT molecular complexity index is 1590. The number of anilines is 1. The van der Waals surface area contributed by atoms with Gasteiger partial charge in [-0.05, 0) is 54.3 Å². The van der Waals surface area contributed by atoms with Crippen LogP contribution >= 0.6 is 0 Å². The quantitative estimate of drug-likeness (QED) is 0.402. The van der Waals surface area contributed by atoms with E-state index in [9.17, 15) is 13.2 Å². The van der Waals surface area contributed by atoms with Gasteiger partial charge < -0.3 is 9.64 Å². The molecule has 0 atom stereocenters. The predicted molar refractivity (Wildman–Crippen MR) is 146 cm³/mol. The van der Waals surface area contributed by atoms with Crippen LogP contribution in [-0.4, -0.2) is 61.6 Å². The number of aromatic nitrogens is 3. The van der Waals surface area contributed by atoms with Crippen molar-refractivity contribution < 1.29 is 17.9 Å². The summed E-state index contributed by atoms with van der Waals surface area (Å²) in [5.41, 5.74) is 5.17. The molecule has 0 bridgehead atoms. The van der Waals surface area contributed by atoms with Crippen molar-refractivity contribution in [3.8, 4) is 16.8 Å². The number of morpholine rings is 1. The minimum Gasteiger partial charge on any atom is -0.378 e. The Labute approximate surface area is 221 Å². The summed E-state index contributed by atoms with van der Waals surface area (Å²) in [7, 11) is -3.76. The zero-order chi connectivity index (χ0) is 26.3. The van der Waals surface area contributed by atoms with Gasteiger partial charge in [0.05, 0.1) is 36.2 Å². The van der Waals surface area contributed by atoms with Gasteiger partial charge in [0.25, 0.3) is 5.91 Å². The molecular weight excluding hydrogens is 502 g/mol. The average Bonchev–Trinajstić information content (AvgIpc) is 3.26. The Morgan fingerprint density at radius 3 is 2.34 bits per heavy atom. The van der Waals surface area contributed by atoms with Gasteiger partial charge in [-0.3, -0.25) is 4.79 Å². The molecule has 10 heteroatoms. The number of para-hydroxylation sites is 1. The van der Waals surface area contributed by atoms with Crippen LogP contribution in [0.5, 0.6) is 0 Å². The topological polar surface area (TPSA) is 106 Å². The Balaban J connectivity index is 1.55. The van der Waals surface area contributed by atoms with Gasteiger partial charge in [-0.2, -0.15) is 5.10 Å². The summed E-state index contributed by atoms with van der Waals surface area (Å²) >= 11 is 0. The molecule has 2 aromatic heterocycles. The SMILES string of the molecule is CS(=O)(=O)NC(=O)c1cc(-c2ccc(N3CCOCC3)cc2)c2c(C3CCC3)nn(-c3ccccc3)c2n1. The summed E-state index contributed by atoms with van der Waals surface area (Å²) in [5, 5.41) is 5.91. The lowest BCUT2D eigenvalue weighted by molar-refractivity contribution is 0.0977. The van der Waals surface area contributed by atoms with Gasteiger partial charge in [0.15, 0.2) is 5.65 Å². The molecule has 1 amide bonds. The Morgan fingerprint density at radius 1 is 1.00 bits per heavy atom. The monoisotopic (exact) mass is 531 g/mol. The van der Waals surface area contributed by atoms with E-state index in [2.05, 4.69) is 26.7 Å². The highest BCUT2D eigenvalue weighted by molar-refractivity contribution is 7.89. The van der Waals surface area contributed by atoms with E-state index in [4.69, 9.17) is 9.84 Å². The van der Waals surface area contributed by atoms with E-state index in [0.29, 0.717) is 24.8 Å². The largest absolute Gasteiger partial charge is 0.378 e. The molecule has 2 aliphatic rings. The summed E-state index contributed by atoms with van der Waals surface area (Å²) in [5.74, 6) is -0.460. The normalized spacial score (nSPS) is 16.4. The fourth-order valence-corrected chi connectivity index (χ4v) is 5.54. The van der Waals surface area contributed by atoms with Crippen LogP contribution in [0, 0.1) is 0 Å². The fourth-order valence-electron chi connectivity index (χ4n) is 5.10. The van der Waals surface area contributed by atoms with E-state index in [1.807, 2.05) is 42.5 Å². The number of fused-ring (bicyclic) bond motifs is 1. The smallest absolute Gasteiger partial charge is 0.283 e. The van der Waals surface area contributed by atoms with E-state index in [1.165, 1.54) is 0 Å². The van der Waals surface area contributed by atoms with Crippen molar-refractivity contribution in [2.24, 2.45) is 0 Å². The van der Waals surface area contributed by atoms with Crippen molar-refractivity contribution in [1.82, 2.24) is 19.5 Å². The van der Waals surface area contributed by atoms with Crippen molar-refractivity contribution in [1.29, 1.82) is 0 Å². The van der Waals surface area contributed by atoms with Crippen LogP contribution in [0.4, 0.5) is 5.69 Å². The molecule has 1 aliphatic heterocycles. The first-order valence-corrected chi connectivity index (χ1v) is 14.7. The molecule has 0 radical (unpaired) electrons. The van der Waals surface area contributed by atoms with Gasteiger partial charge in [0.2, 0.25) is 10.0 Å². The lowest BCUT2D eigenvalue weighted by Crippen LogP contribution is -2.36. The number of carbonyl (C=O) groups excluding carboxylic acids is 1. The van der Waals surface area contributed by atoms with Gasteiger partial charge in [-0.15, -0.1) is 0 Å². The number of rotatable bonds is 6. The molecule has 196 valence electrons. The van der Waals surface area contributed by atoms with Gasteiger partial charge in [0, 0.05) is 24.7 Å². The molecule has 6 rings (SSSR count). The second-order valence-corrected chi connectivity index (χ2v) is 11.6. The van der Waals surface area contributed by atoms with Gasteiger partial charge in [-0.1, -0.05) is 36.8 Å². The van der Waals surface area contributed by atoms with Gasteiger partial charge in [0.1, 0.15) is 5.69 Å². The second-order valence-electron chi connectivity index (χ2n) is 9.86. The number of sulfonamides is 1. The number of nitrogens with zero attached hydrogens (tertiary/aromatic N) is 4. The summed E-state index contributed by atoms with van der Waals surface area (Å²) in [6.07, 6.45) is 4.20. The summed E-state index contributed by atoms with van der Waals surface area (Å²) in [6, 6.07) is 19.6. The Kier molecular flexibility index (Phi) is 6.37. The highest BCUT2D eigenvalue weighted by Crippen LogP contribution is 2.43. The maximum Gasteiger partial charge on any atom is 0.283 e. The maximum absolute atomic E-state index is 13.0. The molecule has 1 saturated heterocycles. The summed E-state index contributed by atoms with van der Waals surface area (Å²) < 4.78 is 33.0. The van der Waals surface area contributed by atoms with E-state index < -0.39 is 15.9 Å². The zero-order valence-corrected chi connectivity index (χ0v) is 21.9. The van der Waals surface area contributed by atoms with Crippen molar-refractivity contribution in [2.45, 2.75) is 25.2 Å².